The van der Waals surface area contributed by atoms with Crippen LogP contribution in [0.4, 0.5) is 19.3 Å². The van der Waals surface area contributed by atoms with Crippen molar-refractivity contribution in [2.75, 3.05) is 17.6 Å². The number of nitrogens with zero attached hydrogens (tertiary/aromatic N) is 1. The maximum Gasteiger partial charge on any atom is 0.323 e. The van der Waals surface area contributed by atoms with Gasteiger partial charge in [0.25, 0.3) is 0 Å². The van der Waals surface area contributed by atoms with Crippen LogP contribution in [0.25, 0.3) is 0 Å². The smallest absolute Gasteiger partial charge is 0.308 e. The quantitative estimate of drug-likeness (QED) is 0.730. The lowest BCUT2D eigenvalue weighted by Crippen LogP contribution is -2.34. The predicted octanol–water partition coefficient (Wildman–Crippen LogP) is 5.55. The summed E-state index contributed by atoms with van der Waals surface area (Å²) in [6.07, 6.45) is 0. The van der Waals surface area contributed by atoms with Crippen molar-refractivity contribution in [2.24, 2.45) is 0 Å². The number of nitrogens with one attached hydrogen (secondary N) is 1. The Morgan fingerprint density at radius 1 is 1.25 bits per heavy atom. The summed E-state index contributed by atoms with van der Waals surface area (Å²) in [4.78, 5) is 14.0. The number of carbonyl (C=O) groups excluding carboxylic acids is 1. The Labute approximate surface area is 151 Å². The molecule has 1 unspecified atom stereocenters. The first-order valence-electron chi connectivity index (χ1n) is 7.05. The van der Waals surface area contributed by atoms with Gasteiger partial charge in [0.15, 0.2) is 0 Å². The Kier molecular flexibility index (Phi) is 5.18. The molecule has 2 aromatic rings. The van der Waals surface area contributed by atoms with Crippen molar-refractivity contribution in [2.45, 2.75) is 5.37 Å². The summed E-state index contributed by atoms with van der Waals surface area (Å²) in [5.41, 5.74) is 0.649. The van der Waals surface area contributed by atoms with Gasteiger partial charge in [-0.15, -0.1) is 11.8 Å². The molecule has 3 rings (SSSR count). The third-order valence-corrected chi connectivity index (χ3v) is 5.65. The molecule has 8 heteroatoms. The maximum absolute atomic E-state index is 13.7. The molecule has 0 aromatic heterocycles. The lowest BCUT2D eigenvalue weighted by atomic mass is 10.2. The molecule has 1 N–H and O–H groups in total. The van der Waals surface area contributed by atoms with Crippen LogP contribution in [0, 0.1) is 11.6 Å². The second kappa shape index (κ2) is 7.17. The van der Waals surface area contributed by atoms with E-state index in [0.717, 1.165) is 17.7 Å². The van der Waals surface area contributed by atoms with E-state index in [0.29, 0.717) is 22.3 Å². The fraction of sp³-hybridized carbons (Fsp3) is 0.188. The third kappa shape index (κ3) is 3.45. The van der Waals surface area contributed by atoms with E-state index >= 15 is 0 Å². The standard InChI is InChI=1S/C16H12Cl2F2N2OS/c17-11-3-1-2-10(14(11)18)15-22(6-7-24-15)16(23)21-13-5-4-9(19)8-12(13)20/h1-5,8,15H,6-7H2,(H,21,23). The van der Waals surface area contributed by atoms with Gasteiger partial charge >= 0.3 is 6.03 Å². The molecule has 3 nitrogen and oxygen atoms in total. The van der Waals surface area contributed by atoms with E-state index in [1.807, 2.05) is 0 Å². The SMILES string of the molecule is O=C(Nc1ccc(F)cc1F)N1CCSC1c1cccc(Cl)c1Cl. The Morgan fingerprint density at radius 2 is 2.04 bits per heavy atom. The lowest BCUT2D eigenvalue weighted by molar-refractivity contribution is 0.214. The summed E-state index contributed by atoms with van der Waals surface area (Å²) in [7, 11) is 0. The molecule has 2 aromatic carbocycles. The summed E-state index contributed by atoms with van der Waals surface area (Å²) in [5.74, 6) is -0.814. The highest BCUT2D eigenvalue weighted by Gasteiger charge is 2.32. The van der Waals surface area contributed by atoms with Gasteiger partial charge in [0.1, 0.15) is 17.0 Å². The number of anilines is 1. The normalized spacial score (nSPS) is 17.2. The van der Waals surface area contributed by atoms with E-state index in [1.165, 1.54) is 6.07 Å². The highest BCUT2D eigenvalue weighted by Crippen LogP contribution is 2.42. The molecule has 0 spiro atoms. The zero-order valence-corrected chi connectivity index (χ0v) is 14.6. The number of halogens is 4. The first-order valence-corrected chi connectivity index (χ1v) is 8.86. The van der Waals surface area contributed by atoms with Crippen LogP contribution >= 0.6 is 35.0 Å². The van der Waals surface area contributed by atoms with E-state index in [1.54, 1.807) is 34.9 Å². The van der Waals surface area contributed by atoms with E-state index in [9.17, 15) is 13.6 Å². The average molecular weight is 389 g/mol. The predicted molar refractivity (Wildman–Crippen MR) is 93.7 cm³/mol. The molecular weight excluding hydrogens is 377 g/mol. The third-order valence-electron chi connectivity index (χ3n) is 3.57. The molecule has 1 heterocycles. The van der Waals surface area contributed by atoms with Crippen molar-refractivity contribution in [3.8, 4) is 0 Å². The summed E-state index contributed by atoms with van der Waals surface area (Å²) in [5, 5.41) is 2.95. The minimum absolute atomic E-state index is 0.0748. The maximum atomic E-state index is 13.7. The fourth-order valence-corrected chi connectivity index (χ4v) is 4.18. The number of benzene rings is 2. The van der Waals surface area contributed by atoms with Crippen molar-refractivity contribution in [3.63, 3.8) is 0 Å². The molecule has 0 aliphatic carbocycles. The van der Waals surface area contributed by atoms with Gasteiger partial charge in [0, 0.05) is 23.9 Å². The molecule has 0 bridgehead atoms. The van der Waals surface area contributed by atoms with E-state index < -0.39 is 17.7 Å². The Morgan fingerprint density at radius 3 is 2.79 bits per heavy atom. The van der Waals surface area contributed by atoms with E-state index in [2.05, 4.69) is 5.32 Å². The summed E-state index contributed by atoms with van der Waals surface area (Å²) in [6.45, 7) is 0.479. The molecule has 0 saturated carbocycles. The zero-order valence-electron chi connectivity index (χ0n) is 12.2. The molecule has 1 saturated heterocycles. The van der Waals surface area contributed by atoms with Crippen LogP contribution in [0.3, 0.4) is 0 Å². The molecule has 1 atom stereocenters. The minimum Gasteiger partial charge on any atom is -0.308 e. The Hall–Kier alpha value is -1.50. The largest absolute Gasteiger partial charge is 0.323 e. The van der Waals surface area contributed by atoms with E-state index in [4.69, 9.17) is 23.2 Å². The van der Waals surface area contributed by atoms with Gasteiger partial charge in [-0.2, -0.15) is 0 Å². The van der Waals surface area contributed by atoms with Crippen LogP contribution in [0.15, 0.2) is 36.4 Å². The van der Waals surface area contributed by atoms with Crippen molar-refractivity contribution in [1.29, 1.82) is 0 Å². The fourth-order valence-electron chi connectivity index (χ4n) is 2.42. The van der Waals surface area contributed by atoms with Crippen molar-refractivity contribution in [1.82, 2.24) is 4.90 Å². The molecule has 1 fully saturated rings. The number of thioether (sulfide) groups is 1. The molecule has 24 heavy (non-hydrogen) atoms. The second-order valence-electron chi connectivity index (χ2n) is 5.11. The van der Waals surface area contributed by atoms with Gasteiger partial charge in [-0.3, -0.25) is 0 Å². The van der Waals surface area contributed by atoms with Crippen LogP contribution < -0.4 is 5.32 Å². The highest BCUT2D eigenvalue weighted by molar-refractivity contribution is 7.99. The minimum atomic E-state index is -0.826. The molecule has 2 amide bonds. The van der Waals surface area contributed by atoms with Crippen molar-refractivity contribution >= 4 is 46.7 Å². The zero-order chi connectivity index (χ0) is 17.3. The van der Waals surface area contributed by atoms with Crippen molar-refractivity contribution < 1.29 is 13.6 Å². The summed E-state index contributed by atoms with van der Waals surface area (Å²) < 4.78 is 26.7. The Bertz CT molecular complexity index is 791. The number of rotatable bonds is 2. The van der Waals surface area contributed by atoms with Crippen LogP contribution in [0.5, 0.6) is 0 Å². The number of hydrogen-bond acceptors (Lipinski definition) is 2. The first-order chi connectivity index (χ1) is 11.5. The number of carbonyl (C=O) groups is 1. The number of amides is 2. The second-order valence-corrected chi connectivity index (χ2v) is 7.09. The van der Waals surface area contributed by atoms with Crippen LogP contribution in [-0.2, 0) is 0 Å². The number of urea groups is 1. The number of hydrogen-bond donors (Lipinski definition) is 1. The van der Waals surface area contributed by atoms with Gasteiger partial charge in [0.2, 0.25) is 0 Å². The molecule has 126 valence electrons. The summed E-state index contributed by atoms with van der Waals surface area (Å²) >= 11 is 13.8. The van der Waals surface area contributed by atoms with Crippen LogP contribution in [0.1, 0.15) is 10.9 Å². The van der Waals surface area contributed by atoms with Crippen LogP contribution in [-0.4, -0.2) is 23.2 Å². The molecular formula is C16H12Cl2F2N2OS. The highest BCUT2D eigenvalue weighted by atomic mass is 35.5. The van der Waals surface area contributed by atoms with Gasteiger partial charge in [0.05, 0.1) is 15.7 Å². The lowest BCUT2D eigenvalue weighted by Gasteiger charge is -2.25. The van der Waals surface area contributed by atoms with Crippen LogP contribution in [0.2, 0.25) is 10.0 Å². The van der Waals surface area contributed by atoms with Gasteiger partial charge < -0.3 is 10.2 Å². The van der Waals surface area contributed by atoms with Crippen molar-refractivity contribution in [3.05, 3.63) is 63.6 Å². The van der Waals surface area contributed by atoms with Gasteiger partial charge in [-0.1, -0.05) is 35.3 Å². The molecule has 1 aliphatic heterocycles. The summed E-state index contributed by atoms with van der Waals surface area (Å²) in [6, 6.07) is 7.75. The topological polar surface area (TPSA) is 32.3 Å². The Balaban J connectivity index is 1.82. The van der Waals surface area contributed by atoms with Gasteiger partial charge in [-0.25, -0.2) is 13.6 Å². The monoisotopic (exact) mass is 388 g/mol. The first kappa shape index (κ1) is 17.3. The van der Waals surface area contributed by atoms with Gasteiger partial charge in [-0.05, 0) is 18.2 Å². The van der Waals surface area contributed by atoms with E-state index in [-0.39, 0.29) is 11.1 Å². The average Bonchev–Trinajstić information content (AvgIpc) is 3.02. The molecule has 0 radical (unpaired) electrons. The molecule has 1 aliphatic rings.